The van der Waals surface area contributed by atoms with E-state index in [0.29, 0.717) is 6.42 Å². The molecule has 1 aliphatic carbocycles. The van der Waals surface area contributed by atoms with Gasteiger partial charge >= 0.3 is 0 Å². The Kier molecular flexibility index (Phi) is 5.06. The molecule has 0 radical (unpaired) electrons. The highest BCUT2D eigenvalue weighted by molar-refractivity contribution is 7.91. The number of amides is 1. The Balaban J connectivity index is 1.42. The maximum Gasteiger partial charge on any atom is 0.224 e. The van der Waals surface area contributed by atoms with Gasteiger partial charge in [0.1, 0.15) is 0 Å². The van der Waals surface area contributed by atoms with Gasteiger partial charge in [-0.1, -0.05) is 18.2 Å². The Hall–Kier alpha value is -1.40. The average molecular weight is 377 g/mol. The van der Waals surface area contributed by atoms with E-state index in [9.17, 15) is 13.2 Å². The predicted octanol–water partition coefficient (Wildman–Crippen LogP) is 1.49. The number of hydrogen-bond acceptors (Lipinski definition) is 4. The van der Waals surface area contributed by atoms with Gasteiger partial charge in [-0.05, 0) is 68.3 Å². The molecule has 5 nitrogen and oxygen atoms in total. The summed E-state index contributed by atoms with van der Waals surface area (Å²) in [6, 6.07) is 6.03. The van der Waals surface area contributed by atoms with E-state index in [1.807, 2.05) is 6.07 Å². The number of hydrogen-bond donors (Lipinski definition) is 1. The Morgan fingerprint density at radius 2 is 1.77 bits per heavy atom. The Morgan fingerprint density at radius 3 is 2.54 bits per heavy atom. The monoisotopic (exact) mass is 376 g/mol. The SMILES string of the molecule is O=C(Cc1ccc2c(c1)CCCC2)N[C@@H]1CS(=O)(=O)C[C@@H]1N1CCCC1. The van der Waals surface area contributed by atoms with Crippen LogP contribution >= 0.6 is 0 Å². The van der Waals surface area contributed by atoms with Crippen molar-refractivity contribution in [2.24, 2.45) is 0 Å². The maximum atomic E-state index is 12.6. The smallest absolute Gasteiger partial charge is 0.224 e. The number of likely N-dealkylation sites (tertiary alicyclic amines) is 1. The zero-order valence-corrected chi connectivity index (χ0v) is 16.1. The van der Waals surface area contributed by atoms with Gasteiger partial charge in [0.05, 0.1) is 24.0 Å². The summed E-state index contributed by atoms with van der Waals surface area (Å²) < 4.78 is 24.3. The molecular formula is C20H28N2O3S. The van der Waals surface area contributed by atoms with Crippen molar-refractivity contribution in [2.45, 2.75) is 57.0 Å². The molecule has 2 fully saturated rings. The molecule has 6 heteroatoms. The van der Waals surface area contributed by atoms with E-state index < -0.39 is 9.84 Å². The standard InChI is InChI=1S/C20H28N2O3S/c23-20(12-15-7-8-16-5-1-2-6-17(16)11-15)21-18-13-26(24,25)14-19(18)22-9-3-4-10-22/h7-8,11,18-19H,1-6,9-10,12-14H2,(H,21,23)/t18-,19+/m1/s1. The molecule has 1 aromatic rings. The molecule has 0 saturated carbocycles. The van der Waals surface area contributed by atoms with Gasteiger partial charge in [-0.15, -0.1) is 0 Å². The van der Waals surface area contributed by atoms with Crippen LogP contribution in [-0.2, 0) is 33.9 Å². The summed E-state index contributed by atoms with van der Waals surface area (Å²) in [4.78, 5) is 14.8. The van der Waals surface area contributed by atoms with Crippen molar-refractivity contribution in [2.75, 3.05) is 24.6 Å². The third kappa shape index (κ3) is 3.96. The molecule has 2 saturated heterocycles. The Morgan fingerprint density at radius 1 is 1.04 bits per heavy atom. The van der Waals surface area contributed by atoms with Crippen LogP contribution in [-0.4, -0.2) is 55.9 Å². The topological polar surface area (TPSA) is 66.5 Å². The van der Waals surface area contributed by atoms with Crippen LogP contribution in [0, 0.1) is 0 Å². The lowest BCUT2D eigenvalue weighted by Crippen LogP contribution is -2.50. The molecule has 2 aliphatic heterocycles. The first kappa shape index (κ1) is 18.0. The lowest BCUT2D eigenvalue weighted by Gasteiger charge is -2.28. The molecule has 0 unspecified atom stereocenters. The molecule has 3 aliphatic rings. The normalized spacial score (nSPS) is 28.0. The second-order valence-corrected chi connectivity index (χ2v) is 10.2. The lowest BCUT2D eigenvalue weighted by atomic mass is 9.90. The molecule has 1 aromatic carbocycles. The molecule has 0 aromatic heterocycles. The lowest BCUT2D eigenvalue weighted by molar-refractivity contribution is -0.121. The molecule has 2 atom stereocenters. The van der Waals surface area contributed by atoms with Crippen LogP contribution < -0.4 is 5.32 Å². The summed E-state index contributed by atoms with van der Waals surface area (Å²) in [5, 5.41) is 3.03. The minimum absolute atomic E-state index is 0.0602. The molecule has 142 valence electrons. The van der Waals surface area contributed by atoms with Crippen molar-refractivity contribution in [3.63, 3.8) is 0 Å². The Labute approximate surface area is 156 Å². The van der Waals surface area contributed by atoms with Gasteiger partial charge in [0.25, 0.3) is 0 Å². The predicted molar refractivity (Wildman–Crippen MR) is 102 cm³/mol. The van der Waals surface area contributed by atoms with Gasteiger partial charge in [-0.25, -0.2) is 8.42 Å². The van der Waals surface area contributed by atoms with Gasteiger partial charge in [0.2, 0.25) is 5.91 Å². The van der Waals surface area contributed by atoms with Crippen molar-refractivity contribution in [1.29, 1.82) is 0 Å². The van der Waals surface area contributed by atoms with E-state index in [1.54, 1.807) is 0 Å². The first-order chi connectivity index (χ1) is 12.5. The fourth-order valence-electron chi connectivity index (χ4n) is 4.74. The first-order valence-electron chi connectivity index (χ1n) is 9.85. The summed E-state index contributed by atoms with van der Waals surface area (Å²) >= 11 is 0. The molecule has 0 spiro atoms. The highest BCUT2D eigenvalue weighted by Gasteiger charge is 2.42. The van der Waals surface area contributed by atoms with E-state index in [-0.39, 0.29) is 29.5 Å². The fraction of sp³-hybridized carbons (Fsp3) is 0.650. The number of carbonyl (C=O) groups is 1. The summed E-state index contributed by atoms with van der Waals surface area (Å²) in [6.07, 6.45) is 7.28. The Bertz CT molecular complexity index is 784. The largest absolute Gasteiger partial charge is 0.350 e. The number of nitrogens with one attached hydrogen (secondary N) is 1. The number of sulfone groups is 1. The van der Waals surface area contributed by atoms with E-state index in [2.05, 4.69) is 22.3 Å². The summed E-state index contributed by atoms with van der Waals surface area (Å²) in [5.41, 5.74) is 3.82. The van der Waals surface area contributed by atoms with Crippen LogP contribution in [0.5, 0.6) is 0 Å². The van der Waals surface area contributed by atoms with Gasteiger partial charge in [0.15, 0.2) is 9.84 Å². The van der Waals surface area contributed by atoms with Gasteiger partial charge in [-0.2, -0.15) is 0 Å². The number of carbonyl (C=O) groups excluding carboxylic acids is 1. The van der Waals surface area contributed by atoms with Crippen molar-refractivity contribution in [3.8, 4) is 0 Å². The fourth-order valence-corrected chi connectivity index (χ4v) is 6.69. The minimum Gasteiger partial charge on any atom is -0.350 e. The molecule has 1 N–H and O–H groups in total. The van der Waals surface area contributed by atoms with Gasteiger partial charge in [0, 0.05) is 6.04 Å². The van der Waals surface area contributed by atoms with Crippen LogP contribution in [0.2, 0.25) is 0 Å². The van der Waals surface area contributed by atoms with Crippen molar-refractivity contribution < 1.29 is 13.2 Å². The van der Waals surface area contributed by atoms with E-state index in [4.69, 9.17) is 0 Å². The number of rotatable bonds is 4. The summed E-state index contributed by atoms with van der Waals surface area (Å²) in [5.74, 6) is 0.188. The molecule has 1 amide bonds. The van der Waals surface area contributed by atoms with Crippen molar-refractivity contribution in [1.82, 2.24) is 10.2 Å². The molecule has 2 heterocycles. The van der Waals surface area contributed by atoms with Crippen LogP contribution in [0.4, 0.5) is 0 Å². The van der Waals surface area contributed by atoms with Crippen LogP contribution in [0.1, 0.15) is 42.4 Å². The molecule has 26 heavy (non-hydrogen) atoms. The van der Waals surface area contributed by atoms with E-state index >= 15 is 0 Å². The number of aryl methyl sites for hydroxylation is 2. The number of nitrogens with zero attached hydrogens (tertiary/aromatic N) is 1. The van der Waals surface area contributed by atoms with Crippen molar-refractivity contribution in [3.05, 3.63) is 34.9 Å². The number of fused-ring (bicyclic) bond motifs is 1. The molecule has 0 bridgehead atoms. The third-order valence-electron chi connectivity index (χ3n) is 6.06. The van der Waals surface area contributed by atoms with E-state index in [0.717, 1.165) is 44.3 Å². The maximum absolute atomic E-state index is 12.6. The van der Waals surface area contributed by atoms with Gasteiger partial charge in [-0.3, -0.25) is 9.69 Å². The summed E-state index contributed by atoms with van der Waals surface area (Å²) in [6.45, 7) is 1.88. The molecular weight excluding hydrogens is 348 g/mol. The first-order valence-corrected chi connectivity index (χ1v) is 11.7. The van der Waals surface area contributed by atoms with Crippen molar-refractivity contribution >= 4 is 15.7 Å². The summed E-state index contributed by atoms with van der Waals surface area (Å²) in [7, 11) is -3.07. The highest BCUT2D eigenvalue weighted by atomic mass is 32.2. The van der Waals surface area contributed by atoms with Crippen LogP contribution in [0.3, 0.4) is 0 Å². The van der Waals surface area contributed by atoms with Gasteiger partial charge < -0.3 is 5.32 Å². The van der Waals surface area contributed by atoms with Crippen LogP contribution in [0.25, 0.3) is 0 Å². The highest BCUT2D eigenvalue weighted by Crippen LogP contribution is 2.24. The minimum atomic E-state index is -3.07. The number of benzene rings is 1. The molecule has 4 rings (SSSR count). The zero-order valence-electron chi connectivity index (χ0n) is 15.2. The second kappa shape index (κ2) is 7.31. The quantitative estimate of drug-likeness (QED) is 0.865. The average Bonchev–Trinajstić information content (AvgIpc) is 3.22. The zero-order chi connectivity index (χ0) is 18.1. The second-order valence-electron chi connectivity index (χ2n) is 8.05. The van der Waals surface area contributed by atoms with E-state index in [1.165, 1.54) is 24.0 Å². The van der Waals surface area contributed by atoms with Crippen LogP contribution in [0.15, 0.2) is 18.2 Å². The third-order valence-corrected chi connectivity index (χ3v) is 7.77.